The predicted octanol–water partition coefficient (Wildman–Crippen LogP) is 3.76. The summed E-state index contributed by atoms with van der Waals surface area (Å²) in [6.45, 7) is 5.89. The number of amides is 2. The second-order valence-electron chi connectivity index (χ2n) is 9.02. The summed E-state index contributed by atoms with van der Waals surface area (Å²) in [4.78, 5) is 24.7. The Balaban J connectivity index is 1.51. The molecule has 1 heterocycles. The molecule has 1 aliphatic carbocycles. The van der Waals surface area contributed by atoms with Gasteiger partial charge in [-0.25, -0.2) is 9.48 Å². The third-order valence-electron chi connectivity index (χ3n) is 5.23. The van der Waals surface area contributed by atoms with E-state index >= 15 is 0 Å². The van der Waals surface area contributed by atoms with Gasteiger partial charge in [-0.05, 0) is 57.7 Å². The van der Waals surface area contributed by atoms with Gasteiger partial charge in [-0.3, -0.25) is 4.79 Å². The number of aromatic nitrogens is 2. The fourth-order valence-electron chi connectivity index (χ4n) is 3.78. The van der Waals surface area contributed by atoms with Gasteiger partial charge < -0.3 is 15.4 Å². The Morgan fingerprint density at radius 3 is 2.53 bits per heavy atom. The number of hydrogen-bond donors (Lipinski definition) is 2. The van der Waals surface area contributed by atoms with Crippen molar-refractivity contribution in [2.24, 2.45) is 0 Å². The molecular formula is C23H32N4O3. The molecule has 7 nitrogen and oxygen atoms in total. The van der Waals surface area contributed by atoms with E-state index in [1.165, 1.54) is 0 Å². The van der Waals surface area contributed by atoms with Crippen LogP contribution in [0.15, 0.2) is 42.7 Å². The molecule has 30 heavy (non-hydrogen) atoms. The predicted molar refractivity (Wildman–Crippen MR) is 115 cm³/mol. The highest BCUT2D eigenvalue weighted by atomic mass is 16.6. The molecule has 0 unspecified atom stereocenters. The van der Waals surface area contributed by atoms with Crippen LogP contribution in [0.1, 0.15) is 58.4 Å². The van der Waals surface area contributed by atoms with Crippen molar-refractivity contribution >= 4 is 12.0 Å². The van der Waals surface area contributed by atoms with Crippen molar-refractivity contribution in [3.63, 3.8) is 0 Å². The number of carbonyl (C=O) groups excluding carboxylic acids is 2. The zero-order chi connectivity index (χ0) is 21.6. The summed E-state index contributed by atoms with van der Waals surface area (Å²) in [5.41, 5.74) is 1.08. The van der Waals surface area contributed by atoms with Crippen LogP contribution in [0, 0.1) is 0 Å². The number of alkyl carbamates (subject to hydrolysis) is 1. The van der Waals surface area contributed by atoms with Gasteiger partial charge in [0.2, 0.25) is 5.91 Å². The molecule has 3 rings (SSSR count). The molecule has 7 heteroatoms. The molecule has 0 atom stereocenters. The van der Waals surface area contributed by atoms with Gasteiger partial charge in [0, 0.05) is 19.2 Å². The van der Waals surface area contributed by atoms with Crippen molar-refractivity contribution < 1.29 is 14.3 Å². The van der Waals surface area contributed by atoms with E-state index in [0.717, 1.165) is 36.9 Å². The molecule has 1 aromatic carbocycles. The van der Waals surface area contributed by atoms with E-state index < -0.39 is 11.7 Å². The van der Waals surface area contributed by atoms with E-state index in [2.05, 4.69) is 15.7 Å². The molecule has 0 saturated heterocycles. The van der Waals surface area contributed by atoms with Gasteiger partial charge in [-0.15, -0.1) is 0 Å². The Morgan fingerprint density at radius 1 is 1.17 bits per heavy atom. The molecule has 2 amide bonds. The molecule has 2 N–H and O–H groups in total. The van der Waals surface area contributed by atoms with E-state index in [1.54, 1.807) is 6.20 Å². The van der Waals surface area contributed by atoms with E-state index in [0.29, 0.717) is 19.4 Å². The third-order valence-corrected chi connectivity index (χ3v) is 5.23. The third kappa shape index (κ3) is 6.34. The zero-order valence-electron chi connectivity index (χ0n) is 18.1. The van der Waals surface area contributed by atoms with Crippen LogP contribution < -0.4 is 10.6 Å². The first kappa shape index (κ1) is 21.9. The second kappa shape index (κ2) is 9.32. The maximum atomic E-state index is 12.6. The number of aryl methyl sites for hydroxylation is 1. The first-order valence-electron chi connectivity index (χ1n) is 10.6. The summed E-state index contributed by atoms with van der Waals surface area (Å²) in [7, 11) is 0. The number of nitrogens with one attached hydrogen (secondary N) is 2. The Kier molecular flexibility index (Phi) is 6.80. The minimum Gasteiger partial charge on any atom is -0.444 e. The van der Waals surface area contributed by atoms with E-state index in [9.17, 15) is 9.59 Å². The lowest BCUT2D eigenvalue weighted by Gasteiger charge is -2.31. The highest BCUT2D eigenvalue weighted by Crippen LogP contribution is 2.29. The molecule has 1 saturated carbocycles. The van der Waals surface area contributed by atoms with Gasteiger partial charge in [-0.1, -0.05) is 31.0 Å². The number of nitrogens with zero attached hydrogens (tertiary/aromatic N) is 2. The van der Waals surface area contributed by atoms with Crippen LogP contribution >= 0.6 is 0 Å². The van der Waals surface area contributed by atoms with Crippen molar-refractivity contribution in [2.75, 3.05) is 6.54 Å². The SMILES string of the molecule is CC(C)(C)OC(=O)NCC1(NC(=O)CCc2cnn(-c3ccccc3)c2)CCCC1. The summed E-state index contributed by atoms with van der Waals surface area (Å²) in [6.07, 6.45) is 8.12. The Morgan fingerprint density at radius 2 is 1.87 bits per heavy atom. The van der Waals surface area contributed by atoms with E-state index in [1.807, 2.05) is 62.0 Å². The molecule has 0 bridgehead atoms. The highest BCUT2D eigenvalue weighted by Gasteiger charge is 2.36. The molecule has 0 aliphatic heterocycles. The fourth-order valence-corrected chi connectivity index (χ4v) is 3.78. The van der Waals surface area contributed by atoms with E-state index in [4.69, 9.17) is 4.74 Å². The monoisotopic (exact) mass is 412 g/mol. The van der Waals surface area contributed by atoms with Crippen molar-refractivity contribution in [1.29, 1.82) is 0 Å². The minimum atomic E-state index is -0.541. The van der Waals surface area contributed by atoms with Crippen LogP contribution in [-0.2, 0) is 16.0 Å². The molecular weight excluding hydrogens is 380 g/mol. The lowest BCUT2D eigenvalue weighted by molar-refractivity contribution is -0.123. The lowest BCUT2D eigenvalue weighted by Crippen LogP contribution is -2.54. The van der Waals surface area contributed by atoms with Crippen molar-refractivity contribution in [3.8, 4) is 5.69 Å². The first-order valence-corrected chi connectivity index (χ1v) is 10.6. The van der Waals surface area contributed by atoms with Gasteiger partial charge in [0.05, 0.1) is 17.4 Å². The fraction of sp³-hybridized carbons (Fsp3) is 0.522. The maximum absolute atomic E-state index is 12.6. The molecule has 1 aromatic heterocycles. The lowest BCUT2D eigenvalue weighted by atomic mass is 9.97. The number of hydrogen-bond acceptors (Lipinski definition) is 4. The van der Waals surface area contributed by atoms with E-state index in [-0.39, 0.29) is 11.4 Å². The van der Waals surface area contributed by atoms with Gasteiger partial charge in [0.15, 0.2) is 0 Å². The van der Waals surface area contributed by atoms with Crippen LogP contribution in [0.25, 0.3) is 5.69 Å². The number of ether oxygens (including phenoxy) is 1. The standard InChI is InChI=1S/C23H32N4O3/c1-22(2,3)30-21(29)24-17-23(13-7-8-14-23)26-20(28)12-11-18-15-25-27(16-18)19-9-5-4-6-10-19/h4-6,9-10,15-16H,7-8,11-14,17H2,1-3H3,(H,24,29)(H,26,28). The normalized spacial score (nSPS) is 15.6. The first-order chi connectivity index (χ1) is 14.2. The van der Waals surface area contributed by atoms with Gasteiger partial charge in [0.25, 0.3) is 0 Å². The summed E-state index contributed by atoms with van der Waals surface area (Å²) in [5.74, 6) is -0.00431. The van der Waals surface area contributed by atoms with Gasteiger partial charge in [0.1, 0.15) is 5.60 Å². The summed E-state index contributed by atoms with van der Waals surface area (Å²) >= 11 is 0. The van der Waals surface area contributed by atoms with Gasteiger partial charge in [-0.2, -0.15) is 5.10 Å². The number of benzene rings is 1. The molecule has 0 spiro atoms. The van der Waals surface area contributed by atoms with Gasteiger partial charge >= 0.3 is 6.09 Å². The van der Waals surface area contributed by atoms with Crippen molar-refractivity contribution in [1.82, 2.24) is 20.4 Å². The summed E-state index contributed by atoms with van der Waals surface area (Å²) in [5, 5.41) is 10.4. The zero-order valence-corrected chi connectivity index (χ0v) is 18.1. The molecule has 1 fully saturated rings. The second-order valence-corrected chi connectivity index (χ2v) is 9.02. The molecule has 162 valence electrons. The topological polar surface area (TPSA) is 85.2 Å². The largest absolute Gasteiger partial charge is 0.444 e. The van der Waals surface area contributed by atoms with Crippen LogP contribution in [0.3, 0.4) is 0 Å². The molecule has 2 aromatic rings. The maximum Gasteiger partial charge on any atom is 0.407 e. The highest BCUT2D eigenvalue weighted by molar-refractivity contribution is 5.77. The summed E-state index contributed by atoms with van der Waals surface area (Å²) < 4.78 is 7.14. The Labute approximate surface area is 178 Å². The van der Waals surface area contributed by atoms with Crippen LogP contribution in [0.5, 0.6) is 0 Å². The Hall–Kier alpha value is -2.83. The average Bonchev–Trinajstić information content (AvgIpc) is 3.34. The molecule has 1 aliphatic rings. The average molecular weight is 413 g/mol. The number of para-hydroxylation sites is 1. The summed E-state index contributed by atoms with van der Waals surface area (Å²) in [6, 6.07) is 9.89. The number of carbonyl (C=O) groups is 2. The Bertz CT molecular complexity index is 849. The number of rotatable bonds is 7. The van der Waals surface area contributed by atoms with Crippen molar-refractivity contribution in [2.45, 2.75) is 70.4 Å². The minimum absolute atomic E-state index is 0.00431. The van der Waals surface area contributed by atoms with Crippen molar-refractivity contribution in [3.05, 3.63) is 48.3 Å². The quantitative estimate of drug-likeness (QED) is 0.725. The van der Waals surface area contributed by atoms with Crippen LogP contribution in [0.4, 0.5) is 4.79 Å². The van der Waals surface area contributed by atoms with Crippen LogP contribution in [-0.4, -0.2) is 39.5 Å². The van der Waals surface area contributed by atoms with Crippen LogP contribution in [0.2, 0.25) is 0 Å². The smallest absolute Gasteiger partial charge is 0.407 e. The molecule has 0 radical (unpaired) electrons.